The van der Waals surface area contributed by atoms with Gasteiger partial charge >= 0.3 is 0 Å². The molecule has 0 saturated carbocycles. The van der Waals surface area contributed by atoms with Crippen LogP contribution in [0.1, 0.15) is 103 Å². The van der Waals surface area contributed by atoms with Gasteiger partial charge in [0.15, 0.2) is 0 Å². The van der Waals surface area contributed by atoms with Gasteiger partial charge in [0.25, 0.3) is 0 Å². The van der Waals surface area contributed by atoms with Crippen LogP contribution in [0.4, 0.5) is 22.7 Å². The Morgan fingerprint density at radius 2 is 1.24 bits per heavy atom. The molecule has 2 atom stereocenters. The third kappa shape index (κ3) is 6.96. The van der Waals surface area contributed by atoms with Crippen molar-refractivity contribution in [2.45, 2.75) is 97.3 Å². The summed E-state index contributed by atoms with van der Waals surface area (Å²) in [6.45, 7) is 20.1. The molecule has 0 aliphatic rings. The zero-order valence-electron chi connectivity index (χ0n) is 28.7. The Bertz CT molecular complexity index is 1510. The van der Waals surface area contributed by atoms with Crippen LogP contribution in [0.3, 0.4) is 0 Å². The first kappa shape index (κ1) is 33.8. The number of anilines is 4. The van der Waals surface area contributed by atoms with Gasteiger partial charge in [0.2, 0.25) is 0 Å². The van der Waals surface area contributed by atoms with Gasteiger partial charge in [-0.1, -0.05) is 116 Å². The molecular formula is C43H54N2. The minimum atomic E-state index is -0.0115. The van der Waals surface area contributed by atoms with Crippen molar-refractivity contribution >= 4 is 22.7 Å². The summed E-state index contributed by atoms with van der Waals surface area (Å²) in [5, 5.41) is 3.54. The number of hydrogen-bond donors (Lipinski definition) is 1. The van der Waals surface area contributed by atoms with E-state index >= 15 is 0 Å². The number of rotatable bonds is 15. The summed E-state index contributed by atoms with van der Waals surface area (Å²) in [4.78, 5) is 2.38. The molecule has 2 nitrogen and oxygen atoms in total. The largest absolute Gasteiger partial charge is 0.359 e. The average molecular weight is 599 g/mol. The van der Waals surface area contributed by atoms with Gasteiger partial charge in [-0.15, -0.1) is 0 Å². The lowest BCUT2D eigenvalue weighted by atomic mass is 9.54. The maximum absolute atomic E-state index is 3.86. The summed E-state index contributed by atoms with van der Waals surface area (Å²) in [7, 11) is 0. The van der Waals surface area contributed by atoms with Crippen molar-refractivity contribution < 1.29 is 0 Å². The minimum Gasteiger partial charge on any atom is -0.359 e. The third-order valence-electron chi connectivity index (χ3n) is 10.5. The van der Waals surface area contributed by atoms with Crippen molar-refractivity contribution in [2.24, 2.45) is 0 Å². The van der Waals surface area contributed by atoms with Crippen LogP contribution in [-0.2, 0) is 10.8 Å². The standard InChI is InChI=1S/C43H54N2/c1-9-18-37(11-3)44-38-25-31-41(32-26-38)45(39-27-21-34(22-28-39)33(7)10-2)40-29-23-35(24-30-40)42(8,12-4)43(13-5,14-6)36-19-16-15-17-20-36/h9,15-33,44H,1,10-14H2,2-8H3/b37-18+. The van der Waals surface area contributed by atoms with Gasteiger partial charge in [0.05, 0.1) is 0 Å². The van der Waals surface area contributed by atoms with Crippen molar-refractivity contribution in [1.29, 1.82) is 0 Å². The van der Waals surface area contributed by atoms with Gasteiger partial charge in [-0.2, -0.15) is 0 Å². The number of nitrogens with one attached hydrogen (secondary N) is 1. The van der Waals surface area contributed by atoms with Crippen molar-refractivity contribution in [3.8, 4) is 0 Å². The molecule has 1 N–H and O–H groups in total. The minimum absolute atomic E-state index is 0.0115. The molecule has 236 valence electrons. The van der Waals surface area contributed by atoms with Crippen LogP contribution in [-0.4, -0.2) is 0 Å². The van der Waals surface area contributed by atoms with Crippen LogP contribution in [0.15, 0.2) is 128 Å². The van der Waals surface area contributed by atoms with Crippen LogP contribution in [0.2, 0.25) is 0 Å². The molecule has 4 aromatic rings. The van der Waals surface area contributed by atoms with E-state index < -0.39 is 0 Å². The van der Waals surface area contributed by atoms with E-state index in [1.807, 2.05) is 12.2 Å². The quantitative estimate of drug-likeness (QED) is 0.137. The zero-order chi connectivity index (χ0) is 32.5. The molecule has 0 aliphatic carbocycles. The fraction of sp³-hybridized carbons (Fsp3) is 0.349. The van der Waals surface area contributed by atoms with Crippen molar-refractivity contribution in [3.63, 3.8) is 0 Å². The van der Waals surface area contributed by atoms with Gasteiger partial charge in [-0.25, -0.2) is 0 Å². The van der Waals surface area contributed by atoms with E-state index in [-0.39, 0.29) is 10.8 Å². The second-order valence-electron chi connectivity index (χ2n) is 12.6. The fourth-order valence-corrected chi connectivity index (χ4v) is 7.22. The second-order valence-corrected chi connectivity index (χ2v) is 12.6. The number of hydrogen-bond acceptors (Lipinski definition) is 2. The third-order valence-corrected chi connectivity index (χ3v) is 10.5. The summed E-state index contributed by atoms with van der Waals surface area (Å²) in [6, 6.07) is 38.5. The lowest BCUT2D eigenvalue weighted by Gasteiger charge is -2.49. The summed E-state index contributed by atoms with van der Waals surface area (Å²) in [5.74, 6) is 0.544. The van der Waals surface area contributed by atoms with Crippen molar-refractivity contribution in [2.75, 3.05) is 10.2 Å². The lowest BCUT2D eigenvalue weighted by molar-refractivity contribution is 0.204. The van der Waals surface area contributed by atoms with E-state index in [9.17, 15) is 0 Å². The van der Waals surface area contributed by atoms with Crippen LogP contribution in [0.5, 0.6) is 0 Å². The van der Waals surface area contributed by atoms with Gasteiger partial charge < -0.3 is 10.2 Å². The first-order chi connectivity index (χ1) is 21.8. The molecule has 0 bridgehead atoms. The van der Waals surface area contributed by atoms with E-state index in [1.54, 1.807) is 0 Å². The highest BCUT2D eigenvalue weighted by Gasteiger charge is 2.46. The molecule has 0 aliphatic heterocycles. The molecule has 4 aromatic carbocycles. The Morgan fingerprint density at radius 3 is 1.71 bits per heavy atom. The summed E-state index contributed by atoms with van der Waals surface area (Å²) >= 11 is 0. The summed E-state index contributed by atoms with van der Waals surface area (Å²) in [6.07, 6.45) is 9.19. The number of benzene rings is 4. The van der Waals surface area contributed by atoms with Crippen LogP contribution >= 0.6 is 0 Å². The predicted octanol–water partition coefficient (Wildman–Crippen LogP) is 13.0. The Kier molecular flexibility index (Phi) is 11.5. The smallest absolute Gasteiger partial charge is 0.0463 e. The molecule has 0 fully saturated rings. The molecule has 0 radical (unpaired) electrons. The lowest BCUT2D eigenvalue weighted by Crippen LogP contribution is -2.46. The predicted molar refractivity (Wildman–Crippen MR) is 198 cm³/mol. The maximum atomic E-state index is 3.86. The Balaban J connectivity index is 1.77. The van der Waals surface area contributed by atoms with Crippen LogP contribution < -0.4 is 10.2 Å². The molecule has 45 heavy (non-hydrogen) atoms. The highest BCUT2D eigenvalue weighted by molar-refractivity contribution is 5.77. The van der Waals surface area contributed by atoms with Crippen molar-refractivity contribution in [1.82, 2.24) is 0 Å². The SMILES string of the molecule is C=C/C=C(\CC)Nc1ccc(N(c2ccc(C(C)CC)cc2)c2ccc(C(C)(CC)C(CC)(CC)c3ccccc3)cc2)cc1. The molecule has 0 aromatic heterocycles. The van der Waals surface area contributed by atoms with E-state index in [1.165, 1.54) is 16.7 Å². The Hall–Kier alpha value is -4.04. The molecule has 0 heterocycles. The topological polar surface area (TPSA) is 15.3 Å². The second kappa shape index (κ2) is 15.3. The van der Waals surface area contributed by atoms with Gasteiger partial charge in [-0.05, 0) is 109 Å². The number of allylic oxidation sites excluding steroid dienone is 3. The van der Waals surface area contributed by atoms with E-state index in [0.717, 1.165) is 60.6 Å². The maximum Gasteiger partial charge on any atom is 0.0463 e. The normalized spacial score (nSPS) is 14.0. The van der Waals surface area contributed by atoms with E-state index in [4.69, 9.17) is 0 Å². The summed E-state index contributed by atoms with van der Waals surface area (Å²) < 4.78 is 0. The molecule has 0 amide bonds. The molecule has 2 unspecified atom stereocenters. The molecule has 0 saturated heterocycles. The fourth-order valence-electron chi connectivity index (χ4n) is 7.22. The van der Waals surface area contributed by atoms with E-state index in [2.05, 4.69) is 168 Å². The first-order valence-electron chi connectivity index (χ1n) is 17.0. The number of nitrogens with zero attached hydrogens (tertiary/aromatic N) is 1. The summed E-state index contributed by atoms with van der Waals surface area (Å²) in [5.41, 5.74) is 9.94. The van der Waals surface area contributed by atoms with Gasteiger partial charge in [0.1, 0.15) is 0 Å². The Morgan fingerprint density at radius 1 is 0.711 bits per heavy atom. The van der Waals surface area contributed by atoms with Crippen LogP contribution in [0.25, 0.3) is 0 Å². The Labute approximate surface area is 273 Å². The van der Waals surface area contributed by atoms with E-state index in [0.29, 0.717) is 5.92 Å². The van der Waals surface area contributed by atoms with Gasteiger partial charge in [0, 0.05) is 39.3 Å². The van der Waals surface area contributed by atoms with Crippen LogP contribution in [0, 0.1) is 0 Å². The first-order valence-corrected chi connectivity index (χ1v) is 17.0. The van der Waals surface area contributed by atoms with Crippen molar-refractivity contribution in [3.05, 3.63) is 144 Å². The highest BCUT2D eigenvalue weighted by Crippen LogP contribution is 2.51. The average Bonchev–Trinajstić information content (AvgIpc) is 3.10. The zero-order valence-corrected chi connectivity index (χ0v) is 28.7. The van der Waals surface area contributed by atoms with Gasteiger partial charge in [-0.3, -0.25) is 0 Å². The molecule has 0 spiro atoms. The molecule has 4 rings (SSSR count). The highest BCUT2D eigenvalue weighted by atomic mass is 15.1. The monoisotopic (exact) mass is 598 g/mol. The molecular weight excluding hydrogens is 544 g/mol. The molecule has 2 heteroatoms.